The summed E-state index contributed by atoms with van der Waals surface area (Å²) in [4.78, 5) is 17.5. The summed E-state index contributed by atoms with van der Waals surface area (Å²) in [5.41, 5.74) is 2.01. The van der Waals surface area contributed by atoms with E-state index in [1.807, 2.05) is 55.5 Å². The summed E-state index contributed by atoms with van der Waals surface area (Å²) < 4.78 is 5.40. The maximum Gasteiger partial charge on any atom is 0.245 e. The number of nitrogens with one attached hydrogen (secondary N) is 2. The highest BCUT2D eigenvalue weighted by Gasteiger charge is 2.07. The summed E-state index contributed by atoms with van der Waals surface area (Å²) in [6.07, 6.45) is 2.55. The third-order valence-electron chi connectivity index (χ3n) is 3.71. The van der Waals surface area contributed by atoms with E-state index in [4.69, 9.17) is 16.3 Å². The number of nitrogens with zero attached hydrogens (tertiary/aromatic N) is 1. The van der Waals surface area contributed by atoms with E-state index in [9.17, 15) is 4.79 Å². The molecule has 1 amide bonds. The van der Waals surface area contributed by atoms with Crippen LogP contribution in [0.3, 0.4) is 0 Å². The first-order valence-corrected chi connectivity index (χ1v) is 9.77. The molecule has 0 fully saturated rings. The zero-order chi connectivity index (χ0) is 19.1. The number of hydrogen-bond acceptors (Lipinski definition) is 5. The molecular weight excluding hydrogens is 382 g/mol. The molecule has 0 atom stereocenters. The molecule has 27 heavy (non-hydrogen) atoms. The van der Waals surface area contributed by atoms with E-state index < -0.39 is 0 Å². The second kappa shape index (κ2) is 9.39. The highest BCUT2D eigenvalue weighted by molar-refractivity contribution is 7.15. The van der Waals surface area contributed by atoms with Crippen molar-refractivity contribution in [2.75, 3.05) is 23.8 Å². The number of rotatable bonds is 8. The number of halogens is 1. The number of anilines is 2. The van der Waals surface area contributed by atoms with Gasteiger partial charge in [-0.05, 0) is 48.9 Å². The van der Waals surface area contributed by atoms with E-state index in [0.717, 1.165) is 33.3 Å². The summed E-state index contributed by atoms with van der Waals surface area (Å²) in [5, 5.41) is 7.22. The van der Waals surface area contributed by atoms with Crippen LogP contribution < -0.4 is 15.4 Å². The van der Waals surface area contributed by atoms with Crippen molar-refractivity contribution in [1.29, 1.82) is 0 Å². The predicted molar refractivity (Wildman–Crippen MR) is 111 cm³/mol. The Morgan fingerprint density at radius 3 is 2.59 bits per heavy atom. The van der Waals surface area contributed by atoms with Crippen molar-refractivity contribution < 1.29 is 9.53 Å². The average molecular weight is 402 g/mol. The van der Waals surface area contributed by atoms with Crippen molar-refractivity contribution in [3.8, 4) is 5.75 Å². The molecule has 7 heteroatoms. The molecule has 2 N–H and O–H groups in total. The molecule has 0 radical (unpaired) electrons. The molecule has 0 bridgehead atoms. The van der Waals surface area contributed by atoms with Gasteiger partial charge in [-0.1, -0.05) is 23.7 Å². The lowest BCUT2D eigenvalue weighted by atomic mass is 10.1. The van der Waals surface area contributed by atoms with Crippen LogP contribution in [0.25, 0.3) is 0 Å². The number of hydrogen-bond donors (Lipinski definition) is 2. The first kappa shape index (κ1) is 19.2. The minimum atomic E-state index is -0.142. The van der Waals surface area contributed by atoms with E-state index >= 15 is 0 Å². The number of carbonyl (C=O) groups excluding carboxylic acids is 1. The minimum absolute atomic E-state index is 0.142. The molecule has 0 aliphatic carbocycles. The molecule has 3 rings (SSSR count). The lowest BCUT2D eigenvalue weighted by molar-refractivity contribution is -0.114. The van der Waals surface area contributed by atoms with Gasteiger partial charge in [0.15, 0.2) is 5.13 Å². The van der Waals surface area contributed by atoms with Crippen LogP contribution >= 0.6 is 22.9 Å². The molecule has 2 aromatic carbocycles. The number of ether oxygens (including phenoxy) is 1. The van der Waals surface area contributed by atoms with Gasteiger partial charge in [0.25, 0.3) is 0 Å². The second-order valence-electron chi connectivity index (χ2n) is 5.79. The van der Waals surface area contributed by atoms with Crippen LogP contribution in [0.1, 0.15) is 17.4 Å². The molecule has 0 aliphatic rings. The van der Waals surface area contributed by atoms with Crippen LogP contribution in [-0.4, -0.2) is 24.0 Å². The summed E-state index contributed by atoms with van der Waals surface area (Å²) in [7, 11) is 0. The molecule has 5 nitrogen and oxygen atoms in total. The summed E-state index contributed by atoms with van der Waals surface area (Å²) >= 11 is 7.37. The van der Waals surface area contributed by atoms with Gasteiger partial charge in [-0.3, -0.25) is 4.79 Å². The molecule has 1 heterocycles. The zero-order valence-corrected chi connectivity index (χ0v) is 16.4. The Morgan fingerprint density at radius 2 is 1.89 bits per heavy atom. The van der Waals surface area contributed by atoms with Gasteiger partial charge in [0.2, 0.25) is 5.91 Å². The van der Waals surface area contributed by atoms with Crippen molar-refractivity contribution in [3.05, 3.63) is 70.2 Å². The van der Waals surface area contributed by atoms with Crippen molar-refractivity contribution >= 4 is 39.7 Å². The van der Waals surface area contributed by atoms with Crippen molar-refractivity contribution in [2.24, 2.45) is 0 Å². The van der Waals surface area contributed by atoms with Gasteiger partial charge in [0.1, 0.15) is 5.75 Å². The molecule has 140 valence electrons. The fourth-order valence-corrected chi connectivity index (χ4v) is 3.42. The summed E-state index contributed by atoms with van der Waals surface area (Å²) in [5.74, 6) is 0.666. The van der Waals surface area contributed by atoms with E-state index in [-0.39, 0.29) is 12.5 Å². The van der Waals surface area contributed by atoms with Gasteiger partial charge in [-0.15, -0.1) is 11.3 Å². The van der Waals surface area contributed by atoms with Gasteiger partial charge in [-0.25, -0.2) is 4.98 Å². The first-order valence-electron chi connectivity index (χ1n) is 8.58. The van der Waals surface area contributed by atoms with Crippen LogP contribution in [0, 0.1) is 0 Å². The Kier molecular flexibility index (Phi) is 6.68. The largest absolute Gasteiger partial charge is 0.494 e. The molecule has 0 saturated heterocycles. The van der Waals surface area contributed by atoms with Gasteiger partial charge >= 0.3 is 0 Å². The Balaban J connectivity index is 1.48. The van der Waals surface area contributed by atoms with Gasteiger partial charge in [0, 0.05) is 28.2 Å². The maximum absolute atomic E-state index is 12.1. The topological polar surface area (TPSA) is 63.2 Å². The second-order valence-corrected chi connectivity index (χ2v) is 7.35. The lowest BCUT2D eigenvalue weighted by Crippen LogP contribution is -2.21. The van der Waals surface area contributed by atoms with E-state index in [1.54, 1.807) is 6.20 Å². The Bertz CT molecular complexity index is 879. The molecule has 0 aliphatic heterocycles. The van der Waals surface area contributed by atoms with Crippen molar-refractivity contribution in [1.82, 2.24) is 4.98 Å². The van der Waals surface area contributed by atoms with Gasteiger partial charge in [-0.2, -0.15) is 0 Å². The molecule has 3 aromatic rings. The van der Waals surface area contributed by atoms with Gasteiger partial charge < -0.3 is 15.4 Å². The normalized spacial score (nSPS) is 10.4. The molecular formula is C20H20ClN3O2S. The predicted octanol–water partition coefficient (Wildman–Crippen LogP) is 4.84. The summed E-state index contributed by atoms with van der Waals surface area (Å²) in [6, 6.07) is 15.2. The van der Waals surface area contributed by atoms with Crippen LogP contribution in [-0.2, 0) is 11.2 Å². The molecule has 0 spiro atoms. The maximum atomic E-state index is 12.1. The first-order chi connectivity index (χ1) is 13.1. The molecule has 0 saturated carbocycles. The van der Waals surface area contributed by atoms with E-state index in [1.165, 1.54) is 11.3 Å². The highest BCUT2D eigenvalue weighted by atomic mass is 35.5. The Labute approximate surface area is 167 Å². The monoisotopic (exact) mass is 401 g/mol. The van der Waals surface area contributed by atoms with Crippen molar-refractivity contribution in [2.45, 2.75) is 13.3 Å². The molecule has 0 unspecified atom stereocenters. The molecule has 1 aromatic heterocycles. The zero-order valence-electron chi connectivity index (χ0n) is 14.9. The Morgan fingerprint density at radius 1 is 1.15 bits per heavy atom. The van der Waals surface area contributed by atoms with Crippen molar-refractivity contribution in [3.63, 3.8) is 0 Å². The van der Waals surface area contributed by atoms with E-state index in [0.29, 0.717) is 11.7 Å². The van der Waals surface area contributed by atoms with Crippen LogP contribution in [0.4, 0.5) is 10.8 Å². The van der Waals surface area contributed by atoms with Gasteiger partial charge in [0.05, 0.1) is 13.2 Å². The number of aromatic nitrogens is 1. The fraction of sp³-hybridized carbons (Fsp3) is 0.200. The third-order valence-corrected chi connectivity index (χ3v) is 4.87. The Hall–Kier alpha value is -2.57. The number of benzene rings is 2. The number of amides is 1. The number of thiazole rings is 1. The average Bonchev–Trinajstić information content (AvgIpc) is 3.10. The van der Waals surface area contributed by atoms with Crippen LogP contribution in [0.2, 0.25) is 5.02 Å². The standard InChI is InChI=1S/C20H20ClN3O2S/c1-2-26-17-9-7-16(8-10-17)22-13-19(25)24-20-23-12-18(27-20)11-14-3-5-15(21)6-4-14/h3-10,12,22H,2,11,13H2,1H3,(H,23,24,25). The van der Waals surface area contributed by atoms with Crippen LogP contribution in [0.15, 0.2) is 54.7 Å². The highest BCUT2D eigenvalue weighted by Crippen LogP contribution is 2.22. The SMILES string of the molecule is CCOc1ccc(NCC(=O)Nc2ncc(Cc3ccc(Cl)cc3)s2)cc1. The quantitative estimate of drug-likeness (QED) is 0.567. The third kappa shape index (κ3) is 5.98. The minimum Gasteiger partial charge on any atom is -0.494 e. The number of carbonyl (C=O) groups is 1. The van der Waals surface area contributed by atoms with E-state index in [2.05, 4.69) is 15.6 Å². The lowest BCUT2D eigenvalue weighted by Gasteiger charge is -2.07. The smallest absolute Gasteiger partial charge is 0.245 e. The summed E-state index contributed by atoms with van der Waals surface area (Å²) in [6.45, 7) is 2.74. The fourth-order valence-electron chi connectivity index (χ4n) is 2.43. The van der Waals surface area contributed by atoms with Crippen LogP contribution in [0.5, 0.6) is 5.75 Å².